The highest BCUT2D eigenvalue weighted by Crippen LogP contribution is 2.75. The van der Waals surface area contributed by atoms with Crippen molar-refractivity contribution in [1.82, 2.24) is 0 Å². The number of fused-ring (bicyclic) bond motifs is 7. The van der Waals surface area contributed by atoms with E-state index < -0.39 is 22.2 Å². The summed E-state index contributed by atoms with van der Waals surface area (Å²) in [6, 6.07) is 2.34. The van der Waals surface area contributed by atoms with Crippen molar-refractivity contribution in [2.75, 3.05) is 20.8 Å². The van der Waals surface area contributed by atoms with E-state index in [2.05, 4.69) is 40.7 Å². The van der Waals surface area contributed by atoms with Crippen LogP contribution < -0.4 is 0 Å². The maximum Gasteiger partial charge on any atom is 0.312 e. The van der Waals surface area contributed by atoms with Crippen LogP contribution in [0.15, 0.2) is 11.6 Å². The molecule has 5 aliphatic carbocycles. The number of nitriles is 1. The first kappa shape index (κ1) is 29.5. The third-order valence-corrected chi connectivity index (χ3v) is 13.5. The van der Waals surface area contributed by atoms with Crippen LogP contribution in [0.4, 0.5) is 0 Å². The van der Waals surface area contributed by atoms with Crippen molar-refractivity contribution in [1.29, 1.82) is 5.26 Å². The maximum atomic E-state index is 14.5. The summed E-state index contributed by atoms with van der Waals surface area (Å²) in [7, 11) is 3.14. The molecule has 4 fully saturated rings. The van der Waals surface area contributed by atoms with Crippen LogP contribution in [-0.2, 0) is 23.9 Å². The lowest BCUT2D eigenvalue weighted by Gasteiger charge is -2.69. The number of esters is 1. The molecule has 5 rings (SSSR count). The molecule has 0 amide bonds. The number of carbonyl (C=O) groups is 3. The number of rotatable bonds is 4. The molecular formula is C34H49NO5. The van der Waals surface area contributed by atoms with E-state index in [-0.39, 0.29) is 51.5 Å². The van der Waals surface area contributed by atoms with Crippen LogP contribution in [0.5, 0.6) is 0 Å². The molecule has 40 heavy (non-hydrogen) atoms. The van der Waals surface area contributed by atoms with Gasteiger partial charge in [0, 0.05) is 25.0 Å². The van der Waals surface area contributed by atoms with Crippen LogP contribution in [0.3, 0.4) is 0 Å². The zero-order chi connectivity index (χ0) is 29.5. The fraction of sp³-hybridized carbons (Fsp3) is 0.824. The minimum Gasteiger partial charge on any atom is -0.469 e. The quantitative estimate of drug-likeness (QED) is 0.372. The predicted molar refractivity (Wildman–Crippen MR) is 152 cm³/mol. The van der Waals surface area contributed by atoms with Crippen molar-refractivity contribution in [3.05, 3.63) is 11.6 Å². The van der Waals surface area contributed by atoms with E-state index in [0.29, 0.717) is 19.4 Å². The fourth-order valence-corrected chi connectivity index (χ4v) is 11.1. The van der Waals surface area contributed by atoms with Gasteiger partial charge in [0.25, 0.3) is 0 Å². The highest BCUT2D eigenvalue weighted by molar-refractivity contribution is 5.97. The number of ether oxygens (including phenoxy) is 2. The summed E-state index contributed by atoms with van der Waals surface area (Å²) >= 11 is 0. The molecule has 0 saturated heterocycles. The molecule has 0 bridgehead atoms. The minimum atomic E-state index is -0.690. The van der Waals surface area contributed by atoms with Gasteiger partial charge in [-0.3, -0.25) is 14.4 Å². The number of hydrogen-bond donors (Lipinski definition) is 0. The summed E-state index contributed by atoms with van der Waals surface area (Å²) in [4.78, 5) is 41.7. The van der Waals surface area contributed by atoms with E-state index in [1.165, 1.54) is 7.11 Å². The van der Waals surface area contributed by atoms with Gasteiger partial charge in [-0.05, 0) is 97.4 Å². The van der Waals surface area contributed by atoms with E-state index in [1.807, 2.05) is 13.0 Å². The van der Waals surface area contributed by atoms with Crippen LogP contribution in [0.1, 0.15) is 99.3 Å². The van der Waals surface area contributed by atoms with E-state index in [0.717, 1.165) is 50.5 Å². The molecule has 0 heterocycles. The first-order valence-electron chi connectivity index (χ1n) is 15.4. The Hall–Kier alpha value is -2.00. The molecular weight excluding hydrogens is 502 g/mol. The molecule has 0 aromatic rings. The smallest absolute Gasteiger partial charge is 0.312 e. The maximum absolute atomic E-state index is 14.5. The van der Waals surface area contributed by atoms with Gasteiger partial charge < -0.3 is 9.47 Å². The zero-order valence-electron chi connectivity index (χ0n) is 25.9. The Labute approximate surface area is 240 Å². The topological polar surface area (TPSA) is 93.5 Å². The van der Waals surface area contributed by atoms with Crippen molar-refractivity contribution < 1.29 is 23.9 Å². The van der Waals surface area contributed by atoms with Gasteiger partial charge in [-0.1, -0.05) is 47.1 Å². The molecule has 0 aromatic heterocycles. The average Bonchev–Trinajstić information content (AvgIpc) is 2.90. The van der Waals surface area contributed by atoms with Gasteiger partial charge in [-0.2, -0.15) is 5.26 Å². The number of nitrogens with zero attached hydrogens (tertiary/aromatic N) is 1. The van der Waals surface area contributed by atoms with Crippen LogP contribution in [0.25, 0.3) is 0 Å². The Bertz CT molecular complexity index is 1200. The van der Waals surface area contributed by atoms with Gasteiger partial charge >= 0.3 is 5.97 Å². The molecule has 0 N–H and O–H groups in total. The number of carbonyl (C=O) groups excluding carboxylic acids is 3. The molecule has 0 aliphatic heterocycles. The lowest BCUT2D eigenvalue weighted by atomic mass is 9.33. The van der Waals surface area contributed by atoms with Gasteiger partial charge in [-0.25, -0.2) is 0 Å². The summed E-state index contributed by atoms with van der Waals surface area (Å²) in [5.41, 5.74) is -1.08. The highest BCUT2D eigenvalue weighted by Gasteiger charge is 2.72. The summed E-state index contributed by atoms with van der Waals surface area (Å²) < 4.78 is 10.9. The SMILES string of the molecule is COCC[C@]1(C)C(=O)C(C#N)C[C@]2(C)C3=CC(=O)[C@@H]4[C@@H]5CC(C)(C)CC[C@]5(C(=O)OC)CC[C@@]4(C)[C@]3(C)CC[C@@H]12. The summed E-state index contributed by atoms with van der Waals surface area (Å²) in [5.74, 6) is -0.913. The van der Waals surface area contributed by atoms with E-state index in [1.54, 1.807) is 7.11 Å². The molecule has 9 atom stereocenters. The van der Waals surface area contributed by atoms with Crippen molar-refractivity contribution in [3.8, 4) is 6.07 Å². The second kappa shape index (κ2) is 9.25. The third kappa shape index (κ3) is 3.64. The van der Waals surface area contributed by atoms with Crippen molar-refractivity contribution in [3.63, 3.8) is 0 Å². The van der Waals surface area contributed by atoms with Crippen LogP contribution in [-0.4, -0.2) is 38.4 Å². The zero-order valence-corrected chi connectivity index (χ0v) is 25.9. The average molecular weight is 552 g/mol. The van der Waals surface area contributed by atoms with Gasteiger partial charge in [0.1, 0.15) is 5.92 Å². The van der Waals surface area contributed by atoms with Crippen LogP contribution in [0, 0.1) is 67.5 Å². The highest BCUT2D eigenvalue weighted by atomic mass is 16.5. The lowest BCUT2D eigenvalue weighted by Crippen LogP contribution is -2.66. The second-order valence-electron chi connectivity index (χ2n) is 15.7. The summed E-state index contributed by atoms with van der Waals surface area (Å²) in [6.45, 7) is 13.9. The summed E-state index contributed by atoms with van der Waals surface area (Å²) in [5, 5.41) is 10.1. The minimum absolute atomic E-state index is 0.0370. The largest absolute Gasteiger partial charge is 0.469 e. The molecule has 220 valence electrons. The lowest BCUT2D eigenvalue weighted by molar-refractivity contribution is -0.193. The number of methoxy groups -OCH3 is 2. The molecule has 4 saturated carbocycles. The number of hydrogen-bond acceptors (Lipinski definition) is 6. The standard InChI is InChI=1S/C34H49NO5/c1-29(2)11-13-34(28(38)40-8)14-12-33(6)26(22(34)19-29)23(36)17-25-31(4)18-21(20-35)27(37)30(3,15-16-39-7)24(31)9-10-32(25,33)5/h17,21-22,24,26H,9-16,18-19H2,1-8H3/t21?,22-,24-,26-,30-,31-,32+,33+,34-/m0/s1. The van der Waals surface area contributed by atoms with Crippen molar-refractivity contribution in [2.24, 2.45) is 56.2 Å². The third-order valence-electron chi connectivity index (χ3n) is 13.5. The Kier molecular flexibility index (Phi) is 6.82. The van der Waals surface area contributed by atoms with Gasteiger partial charge in [0.2, 0.25) is 0 Å². The fourth-order valence-electron chi connectivity index (χ4n) is 11.1. The predicted octanol–water partition coefficient (Wildman–Crippen LogP) is 6.48. The van der Waals surface area contributed by atoms with Crippen molar-refractivity contribution in [2.45, 2.75) is 99.3 Å². The van der Waals surface area contributed by atoms with E-state index in [9.17, 15) is 19.6 Å². The van der Waals surface area contributed by atoms with E-state index in [4.69, 9.17) is 9.47 Å². The monoisotopic (exact) mass is 551 g/mol. The molecule has 6 heteroatoms. The molecule has 5 aliphatic rings. The first-order valence-corrected chi connectivity index (χ1v) is 15.4. The number of ketones is 2. The Balaban J connectivity index is 1.66. The first-order chi connectivity index (χ1) is 18.6. The van der Waals surface area contributed by atoms with E-state index >= 15 is 0 Å². The Morgan fingerprint density at radius 2 is 1.68 bits per heavy atom. The Morgan fingerprint density at radius 3 is 2.30 bits per heavy atom. The normalized spacial score (nSPS) is 47.5. The molecule has 0 radical (unpaired) electrons. The summed E-state index contributed by atoms with van der Waals surface area (Å²) in [6.07, 6.45) is 8.87. The van der Waals surface area contributed by atoms with Gasteiger partial charge in [-0.15, -0.1) is 0 Å². The molecule has 0 spiro atoms. The van der Waals surface area contributed by atoms with Crippen LogP contribution in [0.2, 0.25) is 0 Å². The van der Waals surface area contributed by atoms with Crippen LogP contribution >= 0.6 is 0 Å². The molecule has 1 unspecified atom stereocenters. The molecule has 0 aromatic carbocycles. The van der Waals surface area contributed by atoms with Crippen molar-refractivity contribution >= 4 is 17.5 Å². The molecule has 6 nitrogen and oxygen atoms in total. The number of Topliss-reactive ketones (excluding diaryl/α,β-unsaturated/α-hetero) is 1. The second-order valence-corrected chi connectivity index (χ2v) is 15.7. The van der Waals surface area contributed by atoms with Gasteiger partial charge in [0.15, 0.2) is 11.6 Å². The Morgan fingerprint density at radius 1 is 1.00 bits per heavy atom. The number of allylic oxidation sites excluding steroid dienone is 2. The van der Waals surface area contributed by atoms with Gasteiger partial charge in [0.05, 0.1) is 18.6 Å².